The summed E-state index contributed by atoms with van der Waals surface area (Å²) in [7, 11) is 0. The third-order valence-corrected chi connectivity index (χ3v) is 5.28. The first-order valence-electron chi connectivity index (χ1n) is 11.4. The molecule has 0 saturated carbocycles. The molecule has 0 spiro atoms. The maximum Gasteiger partial charge on any atom is 0.326 e. The summed E-state index contributed by atoms with van der Waals surface area (Å²) in [6, 6.07) is 2.51. The van der Waals surface area contributed by atoms with Gasteiger partial charge in [0.1, 0.15) is 18.1 Å². The van der Waals surface area contributed by atoms with Crippen molar-refractivity contribution in [3.8, 4) is 0 Å². The fourth-order valence-electron chi connectivity index (χ4n) is 3.39. The van der Waals surface area contributed by atoms with E-state index in [2.05, 4.69) is 25.9 Å². The van der Waals surface area contributed by atoms with Gasteiger partial charge in [-0.25, -0.2) is 9.78 Å². The van der Waals surface area contributed by atoms with Crippen LogP contribution in [0.1, 0.15) is 24.1 Å². The smallest absolute Gasteiger partial charge is 0.326 e. The molecule has 0 aliphatic heterocycles. The van der Waals surface area contributed by atoms with Crippen LogP contribution in [-0.4, -0.2) is 79.9 Å². The van der Waals surface area contributed by atoms with Crippen LogP contribution in [0.4, 0.5) is 0 Å². The largest absolute Gasteiger partial charge is 0.481 e. The number of carbonyl (C=O) groups is 6. The lowest BCUT2D eigenvalue weighted by Crippen LogP contribution is -2.58. The molecule has 0 aliphatic rings. The minimum atomic E-state index is -1.67. The number of aromatic nitrogens is 2. The topological polar surface area (TPSA) is 260 Å². The molecule has 4 amide bonds. The van der Waals surface area contributed by atoms with E-state index in [1.807, 2.05) is 0 Å². The Labute approximate surface area is 216 Å². The summed E-state index contributed by atoms with van der Waals surface area (Å²) in [5.41, 5.74) is 12.1. The number of rotatable bonds is 15. The van der Waals surface area contributed by atoms with Crippen molar-refractivity contribution in [2.24, 2.45) is 11.5 Å². The van der Waals surface area contributed by atoms with Gasteiger partial charge in [-0.1, -0.05) is 30.3 Å². The summed E-state index contributed by atoms with van der Waals surface area (Å²) in [4.78, 5) is 79.3. The van der Waals surface area contributed by atoms with Crippen molar-refractivity contribution < 1.29 is 39.0 Å². The number of hydrogen-bond donors (Lipinski definition) is 8. The number of aromatic amines is 1. The number of aliphatic carboxylic acids is 2. The first-order chi connectivity index (χ1) is 18.0. The third-order valence-electron chi connectivity index (χ3n) is 5.28. The van der Waals surface area contributed by atoms with Crippen molar-refractivity contribution in [2.75, 3.05) is 0 Å². The molecule has 2 rings (SSSR count). The molecule has 38 heavy (non-hydrogen) atoms. The van der Waals surface area contributed by atoms with Gasteiger partial charge in [-0.3, -0.25) is 24.0 Å². The van der Waals surface area contributed by atoms with Crippen LogP contribution < -0.4 is 27.4 Å². The van der Waals surface area contributed by atoms with Gasteiger partial charge < -0.3 is 42.6 Å². The Morgan fingerprint density at radius 2 is 1.42 bits per heavy atom. The Morgan fingerprint density at radius 3 is 1.95 bits per heavy atom. The molecule has 204 valence electrons. The third kappa shape index (κ3) is 9.69. The van der Waals surface area contributed by atoms with Gasteiger partial charge in [0.2, 0.25) is 23.6 Å². The number of nitrogens with two attached hydrogens (primary N) is 2. The van der Waals surface area contributed by atoms with Crippen molar-refractivity contribution in [1.29, 1.82) is 0 Å². The van der Waals surface area contributed by atoms with Crippen molar-refractivity contribution in [3.05, 3.63) is 54.1 Å². The van der Waals surface area contributed by atoms with E-state index in [-0.39, 0.29) is 12.8 Å². The lowest BCUT2D eigenvalue weighted by atomic mass is 10.0. The molecule has 4 atom stereocenters. The molecule has 15 heteroatoms. The van der Waals surface area contributed by atoms with Crippen molar-refractivity contribution in [3.63, 3.8) is 0 Å². The summed E-state index contributed by atoms with van der Waals surface area (Å²) in [5.74, 6) is -6.83. The zero-order chi connectivity index (χ0) is 28.2. The zero-order valence-electron chi connectivity index (χ0n) is 20.1. The van der Waals surface area contributed by atoms with E-state index >= 15 is 0 Å². The summed E-state index contributed by atoms with van der Waals surface area (Å²) >= 11 is 0. The van der Waals surface area contributed by atoms with E-state index in [9.17, 15) is 39.0 Å². The number of carbonyl (C=O) groups excluding carboxylic acids is 4. The second kappa shape index (κ2) is 14.1. The molecule has 0 fully saturated rings. The van der Waals surface area contributed by atoms with Gasteiger partial charge in [-0.2, -0.15) is 0 Å². The average molecular weight is 532 g/mol. The van der Waals surface area contributed by atoms with Crippen LogP contribution in [0.15, 0.2) is 42.9 Å². The van der Waals surface area contributed by atoms with Crippen LogP contribution in [0.2, 0.25) is 0 Å². The molecule has 15 nitrogen and oxygen atoms in total. The number of imidazole rings is 1. The molecule has 1 aromatic carbocycles. The lowest BCUT2D eigenvalue weighted by molar-refractivity contribution is -0.143. The van der Waals surface area contributed by atoms with E-state index in [4.69, 9.17) is 11.5 Å². The fourth-order valence-corrected chi connectivity index (χ4v) is 3.39. The van der Waals surface area contributed by atoms with Crippen LogP contribution in [0, 0.1) is 0 Å². The van der Waals surface area contributed by atoms with E-state index < -0.39 is 72.6 Å². The van der Waals surface area contributed by atoms with E-state index in [0.717, 1.165) is 0 Å². The number of H-pyrrole nitrogens is 1. The Kier molecular flexibility index (Phi) is 10.9. The highest BCUT2D eigenvalue weighted by Gasteiger charge is 2.32. The predicted octanol–water partition coefficient (Wildman–Crippen LogP) is -2.59. The summed E-state index contributed by atoms with van der Waals surface area (Å²) in [5, 5.41) is 25.4. The Morgan fingerprint density at radius 1 is 0.842 bits per heavy atom. The van der Waals surface area contributed by atoms with Crippen LogP contribution in [0.5, 0.6) is 0 Å². The lowest BCUT2D eigenvalue weighted by Gasteiger charge is -2.24. The minimum absolute atomic E-state index is 0.0118. The van der Waals surface area contributed by atoms with Gasteiger partial charge in [0, 0.05) is 24.7 Å². The van der Waals surface area contributed by atoms with Gasteiger partial charge in [-0.05, 0) is 5.56 Å². The Balaban J connectivity index is 2.12. The zero-order valence-corrected chi connectivity index (χ0v) is 20.1. The van der Waals surface area contributed by atoms with Crippen LogP contribution in [-0.2, 0) is 41.6 Å². The molecular weight excluding hydrogens is 502 g/mol. The van der Waals surface area contributed by atoms with Gasteiger partial charge >= 0.3 is 11.9 Å². The fraction of sp³-hybridized carbons (Fsp3) is 0.348. The first kappa shape index (κ1) is 29.4. The average Bonchev–Trinajstić information content (AvgIpc) is 3.35. The molecular formula is C23H29N7O8. The quantitative estimate of drug-likeness (QED) is 0.119. The number of benzene rings is 1. The summed E-state index contributed by atoms with van der Waals surface area (Å²) in [6.45, 7) is 0. The molecule has 4 unspecified atom stereocenters. The molecule has 2 aromatic rings. The Bertz CT molecular complexity index is 1140. The molecule has 0 aliphatic carbocycles. The molecule has 10 N–H and O–H groups in total. The molecule has 0 bridgehead atoms. The first-order valence-corrected chi connectivity index (χ1v) is 11.4. The maximum absolute atomic E-state index is 12.9. The number of primary amides is 1. The minimum Gasteiger partial charge on any atom is -0.481 e. The highest BCUT2D eigenvalue weighted by atomic mass is 16.4. The van der Waals surface area contributed by atoms with E-state index in [1.54, 1.807) is 30.3 Å². The van der Waals surface area contributed by atoms with Gasteiger partial charge in [0.15, 0.2) is 0 Å². The molecule has 1 heterocycles. The van der Waals surface area contributed by atoms with Crippen molar-refractivity contribution in [1.82, 2.24) is 25.9 Å². The number of nitrogens with zero attached hydrogens (tertiary/aromatic N) is 1. The van der Waals surface area contributed by atoms with E-state index in [1.165, 1.54) is 12.5 Å². The van der Waals surface area contributed by atoms with Gasteiger partial charge in [0.25, 0.3) is 0 Å². The van der Waals surface area contributed by atoms with Crippen LogP contribution in [0.3, 0.4) is 0 Å². The van der Waals surface area contributed by atoms with Crippen molar-refractivity contribution >= 4 is 35.6 Å². The normalized spacial score (nSPS) is 13.8. The molecule has 0 saturated heterocycles. The van der Waals surface area contributed by atoms with Gasteiger partial charge in [0.05, 0.1) is 25.2 Å². The van der Waals surface area contributed by atoms with Crippen LogP contribution >= 0.6 is 0 Å². The Hall–Kier alpha value is -4.79. The van der Waals surface area contributed by atoms with Crippen LogP contribution in [0.25, 0.3) is 0 Å². The molecule has 1 aromatic heterocycles. The number of amides is 4. The summed E-state index contributed by atoms with van der Waals surface area (Å²) < 4.78 is 0. The number of carboxylic acid groups (broad SMARTS) is 2. The van der Waals surface area contributed by atoms with Gasteiger partial charge in [-0.15, -0.1) is 0 Å². The monoisotopic (exact) mass is 531 g/mol. The maximum atomic E-state index is 12.9. The van der Waals surface area contributed by atoms with Crippen molar-refractivity contribution in [2.45, 2.75) is 49.9 Å². The molecule has 0 radical (unpaired) electrons. The summed E-state index contributed by atoms with van der Waals surface area (Å²) in [6.07, 6.45) is 1.14. The number of nitrogens with one attached hydrogen (secondary N) is 4. The number of hydrogen-bond acceptors (Lipinski definition) is 8. The second-order valence-electron chi connectivity index (χ2n) is 8.37. The second-order valence-corrected chi connectivity index (χ2v) is 8.37. The highest BCUT2D eigenvalue weighted by Crippen LogP contribution is 2.06. The SMILES string of the molecule is NC(=O)CC(NC(=O)C(CC(=O)O)NC(=O)C(N)Cc1cnc[nH]1)C(=O)NC(Cc1ccccc1)C(=O)O. The highest BCUT2D eigenvalue weighted by molar-refractivity contribution is 5.97. The predicted molar refractivity (Wildman–Crippen MR) is 130 cm³/mol. The van der Waals surface area contributed by atoms with E-state index in [0.29, 0.717) is 11.3 Å². The number of carboxylic acids is 2. The standard InChI is InChI=1S/C23H29N7O8/c24-14(7-13-10-26-11-27-13)20(34)28-16(9-19(32)33)22(36)29-15(8-18(25)31)21(35)30-17(23(37)38)6-12-4-2-1-3-5-12/h1-5,10-11,14-17H,6-9,24H2,(H2,25,31)(H,26,27)(H,28,34)(H,29,36)(H,30,35)(H,32,33)(H,37,38).